The van der Waals surface area contributed by atoms with E-state index >= 15 is 0 Å². The SMILES string of the molecule is c1ccc2c(c1)-c1ccccc1C21c2cccc3c4ccc(-c5cc6ccccc6c6ccccc56)cc4c4cccc1c4c23. The third-order valence-corrected chi connectivity index (χ3v) is 10.8. The molecule has 2 aliphatic carbocycles. The molecule has 0 unspecified atom stereocenters. The normalized spacial score (nSPS) is 14.0. The van der Waals surface area contributed by atoms with Gasteiger partial charge in [0.05, 0.1) is 5.41 Å². The van der Waals surface area contributed by atoms with Crippen LogP contribution in [0.3, 0.4) is 0 Å². The van der Waals surface area contributed by atoms with Crippen molar-refractivity contribution in [2.75, 3.05) is 0 Å². The number of benzene rings is 9. The molecule has 9 aromatic carbocycles. The van der Waals surface area contributed by atoms with Crippen LogP contribution < -0.4 is 0 Å². The molecule has 0 atom stereocenters. The lowest BCUT2D eigenvalue weighted by Gasteiger charge is -2.30. The molecule has 2 aliphatic rings. The first-order valence-electron chi connectivity index (χ1n) is 15.9. The summed E-state index contributed by atoms with van der Waals surface area (Å²) >= 11 is 0. The van der Waals surface area contributed by atoms with Gasteiger partial charge in [0.2, 0.25) is 0 Å². The molecule has 0 radical (unpaired) electrons. The fourth-order valence-electron chi connectivity index (χ4n) is 9.14. The van der Waals surface area contributed by atoms with Gasteiger partial charge in [0.15, 0.2) is 0 Å². The fraction of sp³-hybridized carbons (Fsp3) is 0.0222. The highest BCUT2D eigenvalue weighted by atomic mass is 14.5. The van der Waals surface area contributed by atoms with Gasteiger partial charge < -0.3 is 0 Å². The summed E-state index contributed by atoms with van der Waals surface area (Å²) in [6.45, 7) is 0. The molecular weight excluding hydrogens is 540 g/mol. The van der Waals surface area contributed by atoms with Crippen LogP contribution in [0, 0.1) is 0 Å². The summed E-state index contributed by atoms with van der Waals surface area (Å²) in [6, 6.07) is 59.4. The van der Waals surface area contributed by atoms with Crippen molar-refractivity contribution in [2.24, 2.45) is 0 Å². The zero-order valence-electron chi connectivity index (χ0n) is 24.5. The van der Waals surface area contributed by atoms with Crippen molar-refractivity contribution in [3.63, 3.8) is 0 Å². The lowest BCUT2D eigenvalue weighted by molar-refractivity contribution is 0.797. The van der Waals surface area contributed by atoms with Crippen LogP contribution in [0.1, 0.15) is 22.3 Å². The third kappa shape index (κ3) is 2.75. The second kappa shape index (κ2) is 8.25. The molecule has 45 heavy (non-hydrogen) atoms. The van der Waals surface area contributed by atoms with E-state index in [2.05, 4.69) is 158 Å². The number of fused-ring (bicyclic) bond motifs is 13. The van der Waals surface area contributed by atoms with E-state index in [1.807, 2.05) is 0 Å². The van der Waals surface area contributed by atoms with E-state index in [4.69, 9.17) is 0 Å². The molecule has 0 fully saturated rings. The Labute approximate surface area is 260 Å². The first-order chi connectivity index (χ1) is 22.3. The van der Waals surface area contributed by atoms with Crippen molar-refractivity contribution in [1.82, 2.24) is 0 Å². The highest BCUT2D eigenvalue weighted by molar-refractivity contribution is 6.30. The van der Waals surface area contributed by atoms with Crippen molar-refractivity contribution in [3.8, 4) is 22.3 Å². The molecule has 0 heteroatoms. The minimum atomic E-state index is -0.316. The van der Waals surface area contributed by atoms with Gasteiger partial charge in [-0.2, -0.15) is 0 Å². The maximum absolute atomic E-state index is 2.46. The predicted octanol–water partition coefficient (Wildman–Crippen LogP) is 11.8. The maximum Gasteiger partial charge on any atom is 0.0725 e. The topological polar surface area (TPSA) is 0 Å². The Bertz CT molecular complexity index is 2720. The number of hydrogen-bond donors (Lipinski definition) is 0. The van der Waals surface area contributed by atoms with Gasteiger partial charge in [0.25, 0.3) is 0 Å². The molecule has 0 nitrogen and oxygen atoms in total. The Hall–Kier alpha value is -5.72. The third-order valence-electron chi connectivity index (χ3n) is 10.8. The summed E-state index contributed by atoms with van der Waals surface area (Å²) in [6.07, 6.45) is 0. The monoisotopic (exact) mass is 566 g/mol. The molecule has 0 aliphatic heterocycles. The molecule has 0 bridgehead atoms. The highest BCUT2D eigenvalue weighted by Gasteiger charge is 2.50. The molecule has 1 spiro atoms. The first kappa shape index (κ1) is 23.7. The lowest BCUT2D eigenvalue weighted by Crippen LogP contribution is -2.25. The summed E-state index contributed by atoms with van der Waals surface area (Å²) in [4.78, 5) is 0. The molecule has 0 amide bonds. The van der Waals surface area contributed by atoms with Gasteiger partial charge in [0, 0.05) is 0 Å². The Balaban J connectivity index is 1.28. The van der Waals surface area contributed by atoms with Gasteiger partial charge in [-0.3, -0.25) is 0 Å². The smallest absolute Gasteiger partial charge is 0.0619 e. The maximum atomic E-state index is 2.46. The molecule has 9 aromatic rings. The molecule has 0 N–H and O–H groups in total. The van der Waals surface area contributed by atoms with Crippen molar-refractivity contribution in [1.29, 1.82) is 0 Å². The van der Waals surface area contributed by atoms with Crippen LogP contribution in [0.25, 0.3) is 76.1 Å². The van der Waals surface area contributed by atoms with E-state index in [-0.39, 0.29) is 5.41 Å². The van der Waals surface area contributed by atoms with Crippen molar-refractivity contribution >= 4 is 53.9 Å². The summed E-state index contributed by atoms with van der Waals surface area (Å²) in [5, 5.41) is 13.3. The summed E-state index contributed by atoms with van der Waals surface area (Å²) < 4.78 is 0. The van der Waals surface area contributed by atoms with Crippen LogP contribution in [-0.2, 0) is 5.41 Å². The molecule has 0 saturated heterocycles. The fourth-order valence-corrected chi connectivity index (χ4v) is 9.14. The molecule has 11 rings (SSSR count). The van der Waals surface area contributed by atoms with Gasteiger partial charge in [-0.1, -0.05) is 146 Å². The standard InChI is InChI=1S/C45H26/c1-2-12-29-27(11-1)25-37(31-14-4-3-13-30(29)31)28-23-24-32-35-17-9-21-41-43(35)44-36(38(32)26-28)18-10-22-42(44)45(41)39-19-7-5-15-33(39)34-16-6-8-20-40(34)45/h1-26H. The van der Waals surface area contributed by atoms with Gasteiger partial charge in [-0.15, -0.1) is 0 Å². The van der Waals surface area contributed by atoms with Crippen LogP contribution in [-0.4, -0.2) is 0 Å². The molecule has 0 aromatic heterocycles. The van der Waals surface area contributed by atoms with Gasteiger partial charge in [-0.25, -0.2) is 0 Å². The van der Waals surface area contributed by atoms with E-state index in [9.17, 15) is 0 Å². The summed E-state index contributed by atoms with van der Waals surface area (Å²) in [7, 11) is 0. The van der Waals surface area contributed by atoms with Gasteiger partial charge >= 0.3 is 0 Å². The summed E-state index contributed by atoms with van der Waals surface area (Å²) in [5.41, 5.74) is 10.6. The minimum absolute atomic E-state index is 0.316. The average molecular weight is 567 g/mol. The van der Waals surface area contributed by atoms with Crippen LogP contribution in [0.2, 0.25) is 0 Å². The zero-order chi connectivity index (χ0) is 29.3. The van der Waals surface area contributed by atoms with Crippen LogP contribution in [0.15, 0.2) is 158 Å². The molecule has 206 valence electrons. The van der Waals surface area contributed by atoms with Gasteiger partial charge in [0.1, 0.15) is 0 Å². The quantitative estimate of drug-likeness (QED) is 0.173. The van der Waals surface area contributed by atoms with Gasteiger partial charge in [-0.05, 0) is 111 Å². The highest BCUT2D eigenvalue weighted by Crippen LogP contribution is 2.63. The van der Waals surface area contributed by atoms with Crippen LogP contribution in [0.4, 0.5) is 0 Å². The Morgan fingerprint density at radius 2 is 0.800 bits per heavy atom. The Morgan fingerprint density at radius 3 is 1.51 bits per heavy atom. The minimum Gasteiger partial charge on any atom is -0.0619 e. The van der Waals surface area contributed by atoms with Crippen molar-refractivity contribution in [2.45, 2.75) is 5.41 Å². The second-order valence-corrected chi connectivity index (χ2v) is 12.7. The van der Waals surface area contributed by atoms with E-state index in [1.54, 1.807) is 0 Å². The Kier molecular flexibility index (Phi) is 4.35. The predicted molar refractivity (Wildman–Crippen MR) is 190 cm³/mol. The van der Waals surface area contributed by atoms with Crippen molar-refractivity contribution < 1.29 is 0 Å². The summed E-state index contributed by atoms with van der Waals surface area (Å²) in [5.74, 6) is 0. The van der Waals surface area contributed by atoms with E-state index in [0.717, 1.165) is 0 Å². The number of rotatable bonds is 1. The lowest BCUT2D eigenvalue weighted by atomic mass is 9.70. The molecular formula is C45H26. The number of hydrogen-bond acceptors (Lipinski definition) is 0. The largest absolute Gasteiger partial charge is 0.0725 e. The van der Waals surface area contributed by atoms with Crippen LogP contribution >= 0.6 is 0 Å². The van der Waals surface area contributed by atoms with E-state index in [0.29, 0.717) is 0 Å². The zero-order valence-corrected chi connectivity index (χ0v) is 24.5. The first-order valence-corrected chi connectivity index (χ1v) is 15.9. The Morgan fingerprint density at radius 1 is 0.289 bits per heavy atom. The van der Waals surface area contributed by atoms with E-state index < -0.39 is 0 Å². The molecule has 0 heterocycles. The van der Waals surface area contributed by atoms with E-state index in [1.165, 1.54) is 98.4 Å². The van der Waals surface area contributed by atoms with Crippen LogP contribution in [0.5, 0.6) is 0 Å². The van der Waals surface area contributed by atoms with Crippen molar-refractivity contribution in [3.05, 3.63) is 180 Å². The second-order valence-electron chi connectivity index (χ2n) is 12.7. The molecule has 0 saturated carbocycles. The average Bonchev–Trinajstić information content (AvgIpc) is 3.59.